The second-order valence-electron chi connectivity index (χ2n) is 4.40. The first-order chi connectivity index (χ1) is 6.93. The van der Waals surface area contributed by atoms with Crippen LogP contribution in [0.15, 0.2) is 0 Å². The fourth-order valence-electron chi connectivity index (χ4n) is 1.60. The number of nitrogens with two attached hydrogens (primary N) is 1. The van der Waals surface area contributed by atoms with Gasteiger partial charge in [-0.1, -0.05) is 0 Å². The minimum absolute atomic E-state index is 0.0994. The van der Waals surface area contributed by atoms with Crippen molar-refractivity contribution < 1.29 is 14.7 Å². The molecular weight excluding hydrogens is 196 g/mol. The zero-order valence-electron chi connectivity index (χ0n) is 9.19. The van der Waals surface area contributed by atoms with Gasteiger partial charge in [0.15, 0.2) is 0 Å². The smallest absolute Gasteiger partial charge is 0.323 e. The number of carboxylic acid groups (broad SMARTS) is 1. The number of rotatable bonds is 5. The van der Waals surface area contributed by atoms with E-state index in [1.807, 2.05) is 13.8 Å². The van der Waals surface area contributed by atoms with E-state index in [9.17, 15) is 9.59 Å². The number of amides is 1. The summed E-state index contributed by atoms with van der Waals surface area (Å²) in [5.41, 5.74) is 5.08. The van der Waals surface area contributed by atoms with Gasteiger partial charge >= 0.3 is 5.97 Å². The molecule has 0 saturated heterocycles. The van der Waals surface area contributed by atoms with Gasteiger partial charge in [0.2, 0.25) is 5.91 Å². The Kier molecular flexibility index (Phi) is 3.34. The number of carbonyl (C=O) groups is 2. The Morgan fingerprint density at radius 2 is 2.00 bits per heavy atom. The van der Waals surface area contributed by atoms with Crippen LogP contribution in [0.2, 0.25) is 0 Å². The predicted octanol–water partition coefficient (Wildman–Crippen LogP) is 0.0469. The van der Waals surface area contributed by atoms with Crippen molar-refractivity contribution in [3.05, 3.63) is 0 Å². The van der Waals surface area contributed by atoms with Crippen LogP contribution in [0.1, 0.15) is 26.7 Å². The van der Waals surface area contributed by atoms with Crippen LogP contribution in [0, 0.1) is 5.41 Å². The number of carbonyl (C=O) groups excluding carboxylic acids is 1. The molecule has 3 N–H and O–H groups in total. The van der Waals surface area contributed by atoms with Crippen LogP contribution in [0.25, 0.3) is 0 Å². The van der Waals surface area contributed by atoms with E-state index in [0.717, 1.165) is 12.8 Å². The van der Waals surface area contributed by atoms with Crippen LogP contribution < -0.4 is 5.73 Å². The average Bonchev–Trinajstić information content (AvgIpc) is 2.93. The first-order valence-electron chi connectivity index (χ1n) is 5.16. The van der Waals surface area contributed by atoms with E-state index in [2.05, 4.69) is 0 Å². The molecule has 1 amide bonds. The molecule has 5 heteroatoms. The van der Waals surface area contributed by atoms with Crippen molar-refractivity contribution in [2.75, 3.05) is 13.1 Å². The second-order valence-corrected chi connectivity index (χ2v) is 4.40. The number of hydrogen-bond donors (Lipinski definition) is 2. The summed E-state index contributed by atoms with van der Waals surface area (Å²) in [5, 5.41) is 8.72. The minimum Gasteiger partial charge on any atom is -0.480 e. The van der Waals surface area contributed by atoms with Gasteiger partial charge in [-0.3, -0.25) is 9.59 Å². The number of hydrogen-bond acceptors (Lipinski definition) is 3. The van der Waals surface area contributed by atoms with Gasteiger partial charge in [-0.2, -0.15) is 0 Å². The van der Waals surface area contributed by atoms with Gasteiger partial charge in [0.1, 0.15) is 6.54 Å². The quantitative estimate of drug-likeness (QED) is 0.677. The SMILES string of the molecule is CC(C)N(CC(=O)O)C(=O)C1(CN)CC1. The highest BCUT2D eigenvalue weighted by molar-refractivity contribution is 5.88. The van der Waals surface area contributed by atoms with E-state index >= 15 is 0 Å². The lowest BCUT2D eigenvalue weighted by Gasteiger charge is -2.28. The molecule has 0 unspecified atom stereocenters. The maximum absolute atomic E-state index is 12.0. The molecule has 86 valence electrons. The fourth-order valence-corrected chi connectivity index (χ4v) is 1.60. The summed E-state index contributed by atoms with van der Waals surface area (Å²) in [6.45, 7) is 3.70. The molecule has 0 spiro atoms. The van der Waals surface area contributed by atoms with Gasteiger partial charge in [-0.05, 0) is 26.7 Å². The third-order valence-corrected chi connectivity index (χ3v) is 2.89. The molecule has 0 aliphatic heterocycles. The molecule has 1 rings (SSSR count). The lowest BCUT2D eigenvalue weighted by atomic mass is 10.0. The molecule has 0 atom stereocenters. The van der Waals surface area contributed by atoms with Gasteiger partial charge < -0.3 is 15.7 Å². The van der Waals surface area contributed by atoms with Gasteiger partial charge in [0, 0.05) is 12.6 Å². The zero-order chi connectivity index (χ0) is 11.6. The highest BCUT2D eigenvalue weighted by atomic mass is 16.4. The van der Waals surface area contributed by atoms with Crippen LogP contribution in [-0.4, -0.2) is 41.0 Å². The van der Waals surface area contributed by atoms with Crippen molar-refractivity contribution >= 4 is 11.9 Å². The molecule has 15 heavy (non-hydrogen) atoms. The molecule has 0 aromatic rings. The summed E-state index contributed by atoms with van der Waals surface area (Å²) in [7, 11) is 0. The van der Waals surface area contributed by atoms with Crippen molar-refractivity contribution in [1.82, 2.24) is 4.90 Å². The Labute approximate surface area is 89.2 Å². The van der Waals surface area contributed by atoms with Gasteiger partial charge in [-0.25, -0.2) is 0 Å². The Morgan fingerprint density at radius 1 is 1.47 bits per heavy atom. The molecule has 0 heterocycles. The van der Waals surface area contributed by atoms with E-state index in [-0.39, 0.29) is 18.5 Å². The molecule has 1 aliphatic rings. The number of nitrogens with zero attached hydrogens (tertiary/aromatic N) is 1. The van der Waals surface area contributed by atoms with Crippen molar-refractivity contribution in [2.24, 2.45) is 11.1 Å². The standard InChI is InChI=1S/C10H18N2O3/c1-7(2)12(5-8(13)14)9(15)10(6-11)3-4-10/h7H,3-6,11H2,1-2H3,(H,13,14). The Morgan fingerprint density at radius 3 is 2.27 bits per heavy atom. The fraction of sp³-hybridized carbons (Fsp3) is 0.800. The third-order valence-electron chi connectivity index (χ3n) is 2.89. The molecular formula is C10H18N2O3. The van der Waals surface area contributed by atoms with E-state index < -0.39 is 11.4 Å². The van der Waals surface area contributed by atoms with Crippen molar-refractivity contribution in [2.45, 2.75) is 32.7 Å². The summed E-state index contributed by atoms with van der Waals surface area (Å²) in [5.74, 6) is -1.09. The van der Waals surface area contributed by atoms with Gasteiger partial charge in [0.05, 0.1) is 5.41 Å². The van der Waals surface area contributed by atoms with Crippen molar-refractivity contribution in [1.29, 1.82) is 0 Å². The molecule has 0 aromatic heterocycles. The molecule has 1 aliphatic carbocycles. The maximum Gasteiger partial charge on any atom is 0.323 e. The van der Waals surface area contributed by atoms with Crippen LogP contribution >= 0.6 is 0 Å². The zero-order valence-corrected chi connectivity index (χ0v) is 9.19. The molecule has 1 saturated carbocycles. The van der Waals surface area contributed by atoms with E-state index in [4.69, 9.17) is 10.8 Å². The minimum atomic E-state index is -0.982. The molecule has 5 nitrogen and oxygen atoms in total. The summed E-state index contributed by atoms with van der Waals surface area (Å²) in [6.07, 6.45) is 1.57. The highest BCUT2D eigenvalue weighted by Crippen LogP contribution is 2.46. The predicted molar refractivity (Wildman–Crippen MR) is 55.2 cm³/mol. The summed E-state index contributed by atoms with van der Waals surface area (Å²) in [4.78, 5) is 24.0. The van der Waals surface area contributed by atoms with Crippen molar-refractivity contribution in [3.63, 3.8) is 0 Å². The Hall–Kier alpha value is -1.10. The third kappa shape index (κ3) is 2.47. The second kappa shape index (κ2) is 4.18. The van der Waals surface area contributed by atoms with Crippen LogP contribution in [0.4, 0.5) is 0 Å². The summed E-state index contributed by atoms with van der Waals surface area (Å²) >= 11 is 0. The lowest BCUT2D eigenvalue weighted by Crippen LogP contribution is -2.46. The van der Waals surface area contributed by atoms with E-state index in [0.29, 0.717) is 6.54 Å². The largest absolute Gasteiger partial charge is 0.480 e. The summed E-state index contributed by atoms with van der Waals surface area (Å²) in [6, 6.07) is -0.0994. The van der Waals surface area contributed by atoms with E-state index in [1.165, 1.54) is 4.90 Å². The van der Waals surface area contributed by atoms with Crippen LogP contribution in [-0.2, 0) is 9.59 Å². The van der Waals surface area contributed by atoms with Crippen molar-refractivity contribution in [3.8, 4) is 0 Å². The Bertz CT molecular complexity index is 272. The Balaban J connectivity index is 2.72. The first-order valence-corrected chi connectivity index (χ1v) is 5.16. The van der Waals surface area contributed by atoms with Crippen LogP contribution in [0.3, 0.4) is 0 Å². The summed E-state index contributed by atoms with van der Waals surface area (Å²) < 4.78 is 0. The highest BCUT2D eigenvalue weighted by Gasteiger charge is 2.51. The number of aliphatic carboxylic acids is 1. The number of carboxylic acids is 1. The molecule has 0 bridgehead atoms. The molecule has 0 radical (unpaired) electrons. The van der Waals surface area contributed by atoms with Gasteiger partial charge in [-0.15, -0.1) is 0 Å². The topological polar surface area (TPSA) is 83.6 Å². The lowest BCUT2D eigenvalue weighted by molar-refractivity contribution is -0.148. The maximum atomic E-state index is 12.0. The monoisotopic (exact) mass is 214 g/mol. The first kappa shape index (κ1) is 12.0. The molecule has 1 fully saturated rings. The van der Waals surface area contributed by atoms with E-state index in [1.54, 1.807) is 0 Å². The van der Waals surface area contributed by atoms with Crippen LogP contribution in [0.5, 0.6) is 0 Å². The van der Waals surface area contributed by atoms with Gasteiger partial charge in [0.25, 0.3) is 0 Å². The normalized spacial score (nSPS) is 17.6. The molecule has 0 aromatic carbocycles. The average molecular weight is 214 g/mol.